The molecule has 126 valence electrons. The molecule has 1 atom stereocenters. The molecule has 0 aromatic heterocycles. The van der Waals surface area contributed by atoms with Crippen LogP contribution in [0.3, 0.4) is 0 Å². The van der Waals surface area contributed by atoms with Crippen LogP contribution >= 0.6 is 0 Å². The molecule has 0 radical (unpaired) electrons. The highest BCUT2D eigenvalue weighted by Gasteiger charge is 2.18. The van der Waals surface area contributed by atoms with Gasteiger partial charge in [-0.2, -0.15) is 0 Å². The van der Waals surface area contributed by atoms with Crippen LogP contribution in [-0.4, -0.2) is 23.8 Å². The number of carbonyl (C=O) groups is 2. The summed E-state index contributed by atoms with van der Waals surface area (Å²) >= 11 is 0. The molecular weight excluding hydrogens is 314 g/mol. The number of hydrogen-bond acceptors (Lipinski definition) is 2. The van der Waals surface area contributed by atoms with Gasteiger partial charge < -0.3 is 10.2 Å². The monoisotopic (exact) mass is 332 g/mol. The SMILES string of the molecule is CC(=O)c1ccc(NC(=O)N(C)C(C)c2ccc(F)c(F)c2)cc1. The molecule has 0 bridgehead atoms. The summed E-state index contributed by atoms with van der Waals surface area (Å²) in [7, 11) is 1.56. The number of hydrogen-bond donors (Lipinski definition) is 1. The number of urea groups is 1. The first-order valence-electron chi connectivity index (χ1n) is 7.39. The molecule has 6 heteroatoms. The number of amides is 2. The van der Waals surface area contributed by atoms with E-state index in [1.165, 1.54) is 17.9 Å². The number of rotatable bonds is 4. The predicted octanol–water partition coefficient (Wildman–Crippen LogP) is 4.39. The highest BCUT2D eigenvalue weighted by atomic mass is 19.2. The van der Waals surface area contributed by atoms with Crippen LogP contribution in [-0.2, 0) is 0 Å². The molecule has 24 heavy (non-hydrogen) atoms. The highest BCUT2D eigenvalue weighted by molar-refractivity contribution is 5.95. The Kier molecular flexibility index (Phi) is 5.28. The lowest BCUT2D eigenvalue weighted by Gasteiger charge is -2.25. The first-order valence-corrected chi connectivity index (χ1v) is 7.39. The van der Waals surface area contributed by atoms with Crippen molar-refractivity contribution in [1.29, 1.82) is 0 Å². The van der Waals surface area contributed by atoms with Gasteiger partial charge in [-0.05, 0) is 55.8 Å². The second kappa shape index (κ2) is 7.21. The van der Waals surface area contributed by atoms with Crippen molar-refractivity contribution in [2.75, 3.05) is 12.4 Å². The van der Waals surface area contributed by atoms with Crippen LogP contribution in [0, 0.1) is 11.6 Å². The summed E-state index contributed by atoms with van der Waals surface area (Å²) in [5.41, 5.74) is 1.57. The maximum absolute atomic E-state index is 13.3. The van der Waals surface area contributed by atoms with Gasteiger partial charge in [-0.1, -0.05) is 6.07 Å². The van der Waals surface area contributed by atoms with Gasteiger partial charge in [0.05, 0.1) is 6.04 Å². The van der Waals surface area contributed by atoms with Gasteiger partial charge in [0.25, 0.3) is 0 Å². The lowest BCUT2D eigenvalue weighted by molar-refractivity contribution is 0.101. The number of nitrogens with zero attached hydrogens (tertiary/aromatic N) is 1. The van der Waals surface area contributed by atoms with E-state index in [1.807, 2.05) is 0 Å². The number of ketones is 1. The molecule has 1 unspecified atom stereocenters. The van der Waals surface area contributed by atoms with Crippen molar-refractivity contribution in [2.45, 2.75) is 19.9 Å². The molecule has 0 saturated carbocycles. The van der Waals surface area contributed by atoms with Crippen molar-refractivity contribution in [1.82, 2.24) is 4.90 Å². The largest absolute Gasteiger partial charge is 0.322 e. The van der Waals surface area contributed by atoms with Gasteiger partial charge in [0, 0.05) is 18.3 Å². The summed E-state index contributed by atoms with van der Waals surface area (Å²) in [6.45, 7) is 3.18. The lowest BCUT2D eigenvalue weighted by atomic mass is 10.1. The van der Waals surface area contributed by atoms with Crippen LogP contribution in [0.5, 0.6) is 0 Å². The van der Waals surface area contributed by atoms with Crippen LogP contribution in [0.1, 0.15) is 35.8 Å². The summed E-state index contributed by atoms with van der Waals surface area (Å²) in [4.78, 5) is 24.9. The topological polar surface area (TPSA) is 49.4 Å². The Morgan fingerprint density at radius 2 is 1.67 bits per heavy atom. The molecule has 2 amide bonds. The van der Waals surface area contributed by atoms with E-state index in [1.54, 1.807) is 38.2 Å². The molecule has 2 aromatic carbocycles. The molecular formula is C18H18F2N2O2. The standard InChI is InChI=1S/C18H18F2N2O2/c1-11(14-6-9-16(19)17(20)10-14)22(3)18(24)21-15-7-4-13(5-8-15)12(2)23/h4-11H,1-3H3,(H,21,24). The van der Waals surface area contributed by atoms with Crippen LogP contribution < -0.4 is 5.32 Å². The molecule has 0 heterocycles. The molecule has 0 aliphatic carbocycles. The highest BCUT2D eigenvalue weighted by Crippen LogP contribution is 2.22. The number of nitrogens with one attached hydrogen (secondary N) is 1. The van der Waals surface area contributed by atoms with E-state index >= 15 is 0 Å². The van der Waals surface area contributed by atoms with E-state index < -0.39 is 23.7 Å². The van der Waals surface area contributed by atoms with Gasteiger partial charge in [0.2, 0.25) is 0 Å². The van der Waals surface area contributed by atoms with Crippen molar-refractivity contribution in [3.05, 3.63) is 65.2 Å². The zero-order valence-electron chi connectivity index (χ0n) is 13.6. The number of halogens is 2. The number of Topliss-reactive ketones (excluding diaryl/α,β-unsaturated/α-hetero) is 1. The van der Waals surface area contributed by atoms with E-state index in [9.17, 15) is 18.4 Å². The Morgan fingerprint density at radius 3 is 2.21 bits per heavy atom. The third kappa shape index (κ3) is 3.95. The van der Waals surface area contributed by atoms with Gasteiger partial charge >= 0.3 is 6.03 Å². The number of carbonyl (C=O) groups excluding carboxylic acids is 2. The minimum Gasteiger partial charge on any atom is -0.321 e. The number of benzene rings is 2. The van der Waals surface area contributed by atoms with E-state index in [4.69, 9.17) is 0 Å². The Bertz CT molecular complexity index is 760. The number of anilines is 1. The molecule has 4 nitrogen and oxygen atoms in total. The van der Waals surface area contributed by atoms with Crippen LogP contribution in [0.4, 0.5) is 19.3 Å². The summed E-state index contributed by atoms with van der Waals surface area (Å²) in [5, 5.41) is 2.69. The fourth-order valence-corrected chi connectivity index (χ4v) is 2.17. The average molecular weight is 332 g/mol. The quantitative estimate of drug-likeness (QED) is 0.844. The fourth-order valence-electron chi connectivity index (χ4n) is 2.17. The maximum atomic E-state index is 13.3. The summed E-state index contributed by atoms with van der Waals surface area (Å²) in [5.74, 6) is -1.94. The van der Waals surface area contributed by atoms with Crippen molar-refractivity contribution >= 4 is 17.5 Å². The van der Waals surface area contributed by atoms with E-state index in [0.717, 1.165) is 12.1 Å². The molecule has 0 spiro atoms. The fraction of sp³-hybridized carbons (Fsp3) is 0.222. The minimum absolute atomic E-state index is 0.0584. The zero-order valence-corrected chi connectivity index (χ0v) is 13.6. The molecule has 0 saturated heterocycles. The maximum Gasteiger partial charge on any atom is 0.322 e. The van der Waals surface area contributed by atoms with Gasteiger partial charge in [0.1, 0.15) is 0 Å². The summed E-state index contributed by atoms with van der Waals surface area (Å²) < 4.78 is 26.3. The first-order chi connectivity index (χ1) is 11.3. The average Bonchev–Trinajstić information content (AvgIpc) is 2.56. The third-order valence-corrected chi connectivity index (χ3v) is 3.87. The van der Waals surface area contributed by atoms with E-state index in [0.29, 0.717) is 16.8 Å². The minimum atomic E-state index is -0.951. The molecule has 0 aliphatic rings. The van der Waals surface area contributed by atoms with E-state index in [2.05, 4.69) is 5.32 Å². The van der Waals surface area contributed by atoms with Gasteiger partial charge in [-0.15, -0.1) is 0 Å². The lowest BCUT2D eigenvalue weighted by Crippen LogP contribution is -2.33. The normalized spacial score (nSPS) is 11.7. The van der Waals surface area contributed by atoms with Crippen molar-refractivity contribution < 1.29 is 18.4 Å². The molecule has 2 aromatic rings. The van der Waals surface area contributed by atoms with Crippen LogP contribution in [0.25, 0.3) is 0 Å². The van der Waals surface area contributed by atoms with Crippen molar-refractivity contribution in [3.63, 3.8) is 0 Å². The summed E-state index contributed by atoms with van der Waals surface area (Å²) in [6.07, 6.45) is 0. The Morgan fingerprint density at radius 1 is 1.04 bits per heavy atom. The zero-order chi connectivity index (χ0) is 17.9. The molecule has 0 aliphatic heterocycles. The van der Waals surface area contributed by atoms with Crippen molar-refractivity contribution in [2.24, 2.45) is 0 Å². The molecule has 0 fully saturated rings. The molecule has 1 N–H and O–H groups in total. The second-order valence-corrected chi connectivity index (χ2v) is 5.52. The van der Waals surface area contributed by atoms with Gasteiger partial charge in [-0.25, -0.2) is 13.6 Å². The predicted molar refractivity (Wildman–Crippen MR) is 88.0 cm³/mol. The Labute approximate surface area is 139 Å². The van der Waals surface area contributed by atoms with Crippen LogP contribution in [0.2, 0.25) is 0 Å². The third-order valence-electron chi connectivity index (χ3n) is 3.87. The second-order valence-electron chi connectivity index (χ2n) is 5.52. The Balaban J connectivity index is 2.07. The van der Waals surface area contributed by atoms with Crippen LogP contribution in [0.15, 0.2) is 42.5 Å². The summed E-state index contributed by atoms with van der Waals surface area (Å²) in [6, 6.07) is 9.20. The van der Waals surface area contributed by atoms with E-state index in [-0.39, 0.29) is 5.78 Å². The Hall–Kier alpha value is -2.76. The van der Waals surface area contributed by atoms with Crippen molar-refractivity contribution in [3.8, 4) is 0 Å². The molecule has 2 rings (SSSR count). The van der Waals surface area contributed by atoms with Gasteiger partial charge in [0.15, 0.2) is 17.4 Å². The smallest absolute Gasteiger partial charge is 0.321 e. The first kappa shape index (κ1) is 17.6. The van der Waals surface area contributed by atoms with Gasteiger partial charge in [-0.3, -0.25) is 4.79 Å².